The summed E-state index contributed by atoms with van der Waals surface area (Å²) in [5, 5.41) is 0.521. The molecule has 0 aliphatic carbocycles. The fourth-order valence-corrected chi connectivity index (χ4v) is 1.87. The molecule has 82 valence electrons. The van der Waals surface area contributed by atoms with Crippen LogP contribution in [0, 0.1) is 12.7 Å². The molecule has 2 N–H and O–H groups in total. The van der Waals surface area contributed by atoms with E-state index in [0.717, 1.165) is 11.1 Å². The van der Waals surface area contributed by atoms with Crippen LogP contribution in [0.3, 0.4) is 0 Å². The molecule has 0 bridgehead atoms. The second-order valence-electron chi connectivity index (χ2n) is 3.70. The number of nitrogens with two attached hydrogens (primary N) is 1. The van der Waals surface area contributed by atoms with Gasteiger partial charge in [-0.25, -0.2) is 4.39 Å². The first-order valence-corrected chi connectivity index (χ1v) is 5.27. The van der Waals surface area contributed by atoms with Gasteiger partial charge in [0, 0.05) is 16.3 Å². The van der Waals surface area contributed by atoms with Crippen LogP contribution in [0.1, 0.15) is 5.56 Å². The number of hydrogen-bond acceptors (Lipinski definition) is 1. The van der Waals surface area contributed by atoms with Gasteiger partial charge in [0.05, 0.1) is 0 Å². The van der Waals surface area contributed by atoms with E-state index in [0.29, 0.717) is 16.3 Å². The van der Waals surface area contributed by atoms with Crippen molar-refractivity contribution in [1.29, 1.82) is 0 Å². The van der Waals surface area contributed by atoms with Crippen molar-refractivity contribution < 1.29 is 4.39 Å². The van der Waals surface area contributed by atoms with E-state index in [4.69, 9.17) is 17.3 Å². The molecule has 0 unspecified atom stereocenters. The van der Waals surface area contributed by atoms with E-state index in [1.54, 1.807) is 18.2 Å². The summed E-state index contributed by atoms with van der Waals surface area (Å²) >= 11 is 5.86. The minimum absolute atomic E-state index is 0.280. The van der Waals surface area contributed by atoms with Crippen LogP contribution in [0.25, 0.3) is 11.1 Å². The lowest BCUT2D eigenvalue weighted by molar-refractivity contribution is 0.631. The van der Waals surface area contributed by atoms with Crippen LogP contribution in [0.2, 0.25) is 5.02 Å². The zero-order valence-corrected chi connectivity index (χ0v) is 9.55. The lowest BCUT2D eigenvalue weighted by atomic mass is 10.00. The molecule has 1 nitrogen and oxygen atoms in total. The molecule has 2 aromatic rings. The van der Waals surface area contributed by atoms with Gasteiger partial charge in [0.2, 0.25) is 0 Å². The molecule has 0 aromatic heterocycles. The normalized spacial score (nSPS) is 10.4. The first-order chi connectivity index (χ1) is 7.58. The molecule has 0 heterocycles. The highest BCUT2D eigenvalue weighted by molar-refractivity contribution is 6.30. The Morgan fingerprint density at radius 2 is 1.81 bits per heavy atom. The molecule has 0 spiro atoms. The average Bonchev–Trinajstić information content (AvgIpc) is 2.22. The van der Waals surface area contributed by atoms with Gasteiger partial charge >= 0.3 is 0 Å². The van der Waals surface area contributed by atoms with E-state index < -0.39 is 0 Å². The Morgan fingerprint density at radius 1 is 1.06 bits per heavy atom. The summed E-state index contributed by atoms with van der Waals surface area (Å²) < 4.78 is 13.6. The summed E-state index contributed by atoms with van der Waals surface area (Å²) in [7, 11) is 0. The molecule has 0 fully saturated rings. The van der Waals surface area contributed by atoms with Gasteiger partial charge < -0.3 is 5.73 Å². The van der Waals surface area contributed by atoms with Crippen LogP contribution in [0.5, 0.6) is 0 Å². The second-order valence-corrected chi connectivity index (χ2v) is 4.13. The Bertz CT molecular complexity index is 537. The molecule has 0 atom stereocenters. The van der Waals surface area contributed by atoms with E-state index in [2.05, 4.69) is 0 Å². The topological polar surface area (TPSA) is 26.0 Å². The first-order valence-electron chi connectivity index (χ1n) is 4.89. The van der Waals surface area contributed by atoms with Gasteiger partial charge in [0.25, 0.3) is 0 Å². The Morgan fingerprint density at radius 3 is 2.50 bits per heavy atom. The van der Waals surface area contributed by atoms with E-state index in [9.17, 15) is 4.39 Å². The predicted octanol–water partition coefficient (Wildman–Crippen LogP) is 4.04. The summed E-state index contributed by atoms with van der Waals surface area (Å²) in [6.45, 7) is 1.89. The Balaban J connectivity index is 2.62. The van der Waals surface area contributed by atoms with Crippen molar-refractivity contribution in [3.63, 3.8) is 0 Å². The molecule has 0 saturated carbocycles. The molecule has 0 aliphatic rings. The number of benzene rings is 2. The Kier molecular flexibility index (Phi) is 2.84. The smallest absolute Gasteiger partial charge is 0.131 e. The Hall–Kier alpha value is -1.54. The van der Waals surface area contributed by atoms with Crippen LogP contribution >= 0.6 is 11.6 Å². The van der Waals surface area contributed by atoms with Crippen LogP contribution in [-0.2, 0) is 0 Å². The molecular weight excluding hydrogens is 225 g/mol. The quantitative estimate of drug-likeness (QED) is 0.742. The number of halogens is 2. The molecule has 2 aromatic carbocycles. The largest absolute Gasteiger partial charge is 0.399 e. The summed E-state index contributed by atoms with van der Waals surface area (Å²) in [5.74, 6) is -0.280. The lowest BCUT2D eigenvalue weighted by Crippen LogP contribution is -1.91. The van der Waals surface area contributed by atoms with Gasteiger partial charge in [-0.3, -0.25) is 0 Å². The van der Waals surface area contributed by atoms with E-state index in [1.165, 1.54) is 12.1 Å². The molecule has 0 saturated heterocycles. The summed E-state index contributed by atoms with van der Waals surface area (Å²) in [5.41, 5.74) is 8.57. The minimum atomic E-state index is -0.280. The highest BCUT2D eigenvalue weighted by Crippen LogP contribution is 2.29. The van der Waals surface area contributed by atoms with Gasteiger partial charge in [-0.1, -0.05) is 17.7 Å². The number of rotatable bonds is 1. The summed E-state index contributed by atoms with van der Waals surface area (Å²) in [6, 6.07) is 9.90. The standard InChI is InChI=1S/C13H11ClFN/c1-8-6-10(16)3-4-11(8)12-7-9(14)2-5-13(12)15/h2-7H,16H2,1H3. The van der Waals surface area contributed by atoms with Crippen LogP contribution in [-0.4, -0.2) is 0 Å². The maximum absolute atomic E-state index is 13.6. The number of hydrogen-bond donors (Lipinski definition) is 1. The zero-order chi connectivity index (χ0) is 11.7. The summed E-state index contributed by atoms with van der Waals surface area (Å²) in [6.07, 6.45) is 0. The molecule has 3 heteroatoms. The van der Waals surface area contributed by atoms with Crippen LogP contribution < -0.4 is 5.73 Å². The number of anilines is 1. The van der Waals surface area contributed by atoms with Crippen LogP contribution in [0.4, 0.5) is 10.1 Å². The average molecular weight is 236 g/mol. The molecule has 0 amide bonds. The van der Waals surface area contributed by atoms with Crippen molar-refractivity contribution in [1.82, 2.24) is 0 Å². The van der Waals surface area contributed by atoms with E-state index in [1.807, 2.05) is 13.0 Å². The SMILES string of the molecule is Cc1cc(N)ccc1-c1cc(Cl)ccc1F. The number of nitrogen functional groups attached to an aromatic ring is 1. The fourth-order valence-electron chi connectivity index (χ4n) is 1.69. The van der Waals surface area contributed by atoms with E-state index >= 15 is 0 Å². The van der Waals surface area contributed by atoms with Crippen molar-refractivity contribution in [3.05, 3.63) is 52.8 Å². The Labute approximate surface area is 98.7 Å². The highest BCUT2D eigenvalue weighted by atomic mass is 35.5. The van der Waals surface area contributed by atoms with Gasteiger partial charge in [-0.2, -0.15) is 0 Å². The zero-order valence-electron chi connectivity index (χ0n) is 8.80. The third-order valence-corrected chi connectivity index (χ3v) is 2.70. The third-order valence-electron chi connectivity index (χ3n) is 2.47. The molecule has 16 heavy (non-hydrogen) atoms. The van der Waals surface area contributed by atoms with Gasteiger partial charge in [0.1, 0.15) is 5.82 Å². The highest BCUT2D eigenvalue weighted by Gasteiger charge is 2.08. The lowest BCUT2D eigenvalue weighted by Gasteiger charge is -2.08. The first kappa shape index (κ1) is 11.0. The van der Waals surface area contributed by atoms with Crippen molar-refractivity contribution in [2.24, 2.45) is 0 Å². The van der Waals surface area contributed by atoms with Crippen molar-refractivity contribution in [2.75, 3.05) is 5.73 Å². The maximum atomic E-state index is 13.6. The van der Waals surface area contributed by atoms with Crippen molar-refractivity contribution >= 4 is 17.3 Å². The molecule has 0 radical (unpaired) electrons. The predicted molar refractivity (Wildman–Crippen MR) is 66.0 cm³/mol. The molecular formula is C13H11ClFN. The van der Waals surface area contributed by atoms with Gasteiger partial charge in [0.15, 0.2) is 0 Å². The second kappa shape index (κ2) is 4.14. The fraction of sp³-hybridized carbons (Fsp3) is 0.0769. The van der Waals surface area contributed by atoms with Gasteiger partial charge in [-0.05, 0) is 48.4 Å². The van der Waals surface area contributed by atoms with Crippen LogP contribution in [0.15, 0.2) is 36.4 Å². The van der Waals surface area contributed by atoms with E-state index in [-0.39, 0.29) is 5.82 Å². The molecule has 0 aliphatic heterocycles. The minimum Gasteiger partial charge on any atom is -0.399 e. The van der Waals surface area contributed by atoms with Crippen molar-refractivity contribution in [3.8, 4) is 11.1 Å². The molecule has 2 rings (SSSR count). The summed E-state index contributed by atoms with van der Waals surface area (Å²) in [4.78, 5) is 0. The van der Waals surface area contributed by atoms with Gasteiger partial charge in [-0.15, -0.1) is 0 Å². The number of aryl methyl sites for hydroxylation is 1. The maximum Gasteiger partial charge on any atom is 0.131 e. The third kappa shape index (κ3) is 2.02. The van der Waals surface area contributed by atoms with Crippen molar-refractivity contribution in [2.45, 2.75) is 6.92 Å². The monoisotopic (exact) mass is 235 g/mol.